The standard InChI is InChI=1S/C69H110O6/c1-4-7-10-13-16-19-22-25-28-30-32-34-36-38-41-44-47-50-53-56-59-62-68(71)74-65-66(64-73-67(70)61-58-55-52-49-46-43-40-27-24-21-18-15-12-9-6-3)75-69(72)63-60-57-54-51-48-45-42-39-37-35-33-31-29-26-23-20-17-14-11-8-5-2/h7,9-10,12,16,18-19,21,23,25-28,31-34,38,40-41,46,49,55,58,66H,4-6,8,11,13-15,17,20,22,24,29-30,35-37,39,42-45,47-48,50-54,56-57,59-65H2,1-3H3/b10-7-,12-9-,19-16-,21-18-,26-23-,28-25-,33-31-,34-32-,40-27-,41-38-,49-46-,58-55-. The Morgan fingerprint density at radius 3 is 0.933 bits per heavy atom. The summed E-state index contributed by atoms with van der Waals surface area (Å²) in [6, 6.07) is 0. The average molecular weight is 1040 g/mol. The van der Waals surface area contributed by atoms with Crippen LogP contribution in [0.3, 0.4) is 0 Å². The molecule has 0 aromatic carbocycles. The SMILES string of the molecule is CC/C=C\C/C=C\C/C=C\C/C=C\C/C=C\CCCCCCCC(=O)OCC(COC(=O)C/C=C\C/C=C\C/C=C\C/C=C\C/C=C\CC)OC(=O)CCCCCCCCCCC/C=C\C/C=C\CCCCCCC. The molecule has 6 heteroatoms. The van der Waals surface area contributed by atoms with Gasteiger partial charge in [-0.3, -0.25) is 14.4 Å². The van der Waals surface area contributed by atoms with E-state index in [1.54, 1.807) is 6.08 Å². The first-order valence-corrected chi connectivity index (χ1v) is 30.3. The number of allylic oxidation sites excluding steroid dienone is 23. The maximum Gasteiger partial charge on any atom is 0.309 e. The number of carbonyl (C=O) groups is 3. The third-order valence-corrected chi connectivity index (χ3v) is 12.3. The molecule has 0 aromatic heterocycles. The van der Waals surface area contributed by atoms with Gasteiger partial charge in [0.2, 0.25) is 0 Å². The predicted molar refractivity (Wildman–Crippen MR) is 325 cm³/mol. The smallest absolute Gasteiger partial charge is 0.309 e. The maximum atomic E-state index is 12.9. The van der Waals surface area contributed by atoms with Gasteiger partial charge in [-0.05, 0) is 122 Å². The van der Waals surface area contributed by atoms with Gasteiger partial charge in [-0.15, -0.1) is 0 Å². The first-order chi connectivity index (χ1) is 37.0. The van der Waals surface area contributed by atoms with E-state index in [9.17, 15) is 14.4 Å². The van der Waals surface area contributed by atoms with Crippen LogP contribution < -0.4 is 0 Å². The summed E-state index contributed by atoms with van der Waals surface area (Å²) in [5.41, 5.74) is 0. The van der Waals surface area contributed by atoms with Crippen LogP contribution in [0.2, 0.25) is 0 Å². The van der Waals surface area contributed by atoms with Gasteiger partial charge >= 0.3 is 17.9 Å². The molecule has 0 amide bonds. The van der Waals surface area contributed by atoms with Crippen LogP contribution in [0.4, 0.5) is 0 Å². The van der Waals surface area contributed by atoms with Gasteiger partial charge in [-0.1, -0.05) is 256 Å². The van der Waals surface area contributed by atoms with E-state index in [0.29, 0.717) is 12.8 Å². The van der Waals surface area contributed by atoms with E-state index in [4.69, 9.17) is 14.2 Å². The normalized spacial score (nSPS) is 13.2. The fourth-order valence-corrected chi connectivity index (χ4v) is 7.87. The van der Waals surface area contributed by atoms with Crippen LogP contribution in [-0.4, -0.2) is 37.2 Å². The summed E-state index contributed by atoms with van der Waals surface area (Å²) in [5, 5.41) is 0. The van der Waals surface area contributed by atoms with Crippen molar-refractivity contribution in [3.8, 4) is 0 Å². The Hall–Kier alpha value is -4.71. The van der Waals surface area contributed by atoms with Crippen LogP contribution in [0.1, 0.15) is 252 Å². The largest absolute Gasteiger partial charge is 0.462 e. The molecule has 0 rings (SSSR count). The van der Waals surface area contributed by atoms with E-state index in [1.807, 2.05) is 6.08 Å². The monoisotopic (exact) mass is 1030 g/mol. The van der Waals surface area contributed by atoms with Crippen molar-refractivity contribution < 1.29 is 28.6 Å². The number of esters is 3. The van der Waals surface area contributed by atoms with Crippen molar-refractivity contribution in [3.05, 3.63) is 146 Å². The summed E-state index contributed by atoms with van der Waals surface area (Å²) in [4.78, 5) is 38.2. The number of unbranched alkanes of at least 4 members (excludes halogenated alkanes) is 19. The molecule has 0 bridgehead atoms. The number of rotatable bonds is 53. The zero-order valence-electron chi connectivity index (χ0n) is 48.3. The highest BCUT2D eigenvalue weighted by molar-refractivity contribution is 5.72. The molecule has 0 heterocycles. The Balaban J connectivity index is 4.53. The molecule has 0 saturated carbocycles. The lowest BCUT2D eigenvalue weighted by Crippen LogP contribution is -2.30. The fraction of sp³-hybridized carbons (Fsp3) is 0.609. The quantitative estimate of drug-likeness (QED) is 0.0261. The van der Waals surface area contributed by atoms with Crippen LogP contribution in [-0.2, 0) is 28.6 Å². The zero-order chi connectivity index (χ0) is 54.3. The van der Waals surface area contributed by atoms with Crippen LogP contribution in [0.15, 0.2) is 146 Å². The Bertz CT molecular complexity index is 1660. The summed E-state index contributed by atoms with van der Waals surface area (Å²) < 4.78 is 16.8. The summed E-state index contributed by atoms with van der Waals surface area (Å²) >= 11 is 0. The lowest BCUT2D eigenvalue weighted by atomic mass is 10.1. The van der Waals surface area contributed by atoms with Crippen LogP contribution in [0.5, 0.6) is 0 Å². The number of carbonyl (C=O) groups excluding carboxylic acids is 3. The topological polar surface area (TPSA) is 78.9 Å². The number of ether oxygens (including phenoxy) is 3. The molecule has 0 aliphatic rings. The van der Waals surface area contributed by atoms with Crippen molar-refractivity contribution in [3.63, 3.8) is 0 Å². The molecule has 422 valence electrons. The minimum Gasteiger partial charge on any atom is -0.462 e. The molecule has 0 N–H and O–H groups in total. The van der Waals surface area contributed by atoms with Gasteiger partial charge in [0.25, 0.3) is 0 Å². The number of hydrogen-bond acceptors (Lipinski definition) is 6. The van der Waals surface area contributed by atoms with E-state index < -0.39 is 12.1 Å². The molecular weight excluding hydrogens is 925 g/mol. The highest BCUT2D eigenvalue weighted by Crippen LogP contribution is 2.14. The van der Waals surface area contributed by atoms with Crippen LogP contribution in [0.25, 0.3) is 0 Å². The first kappa shape index (κ1) is 70.3. The zero-order valence-corrected chi connectivity index (χ0v) is 48.3. The summed E-state index contributed by atoms with van der Waals surface area (Å²) in [6.07, 6.45) is 88.6. The highest BCUT2D eigenvalue weighted by Gasteiger charge is 2.19. The molecule has 0 aliphatic heterocycles. The molecular formula is C69H110O6. The van der Waals surface area contributed by atoms with Crippen molar-refractivity contribution in [2.45, 2.75) is 258 Å². The van der Waals surface area contributed by atoms with Gasteiger partial charge in [0.15, 0.2) is 6.10 Å². The molecule has 1 unspecified atom stereocenters. The molecule has 0 aromatic rings. The van der Waals surface area contributed by atoms with E-state index in [-0.39, 0.29) is 31.6 Å². The van der Waals surface area contributed by atoms with Crippen molar-refractivity contribution >= 4 is 17.9 Å². The Morgan fingerprint density at radius 2 is 0.573 bits per heavy atom. The highest BCUT2D eigenvalue weighted by atomic mass is 16.6. The fourth-order valence-electron chi connectivity index (χ4n) is 7.87. The van der Waals surface area contributed by atoms with Gasteiger partial charge in [0.05, 0.1) is 6.42 Å². The van der Waals surface area contributed by atoms with Crippen molar-refractivity contribution in [2.75, 3.05) is 13.2 Å². The minimum atomic E-state index is -0.836. The van der Waals surface area contributed by atoms with E-state index in [0.717, 1.165) is 128 Å². The maximum absolute atomic E-state index is 12.9. The minimum absolute atomic E-state index is 0.116. The lowest BCUT2D eigenvalue weighted by molar-refractivity contribution is -0.166. The van der Waals surface area contributed by atoms with Crippen molar-refractivity contribution in [1.82, 2.24) is 0 Å². The van der Waals surface area contributed by atoms with Crippen molar-refractivity contribution in [2.24, 2.45) is 0 Å². The Morgan fingerprint density at radius 1 is 0.293 bits per heavy atom. The van der Waals surface area contributed by atoms with Crippen LogP contribution in [0, 0.1) is 0 Å². The van der Waals surface area contributed by atoms with E-state index in [2.05, 4.69) is 154 Å². The third kappa shape index (κ3) is 60.0. The average Bonchev–Trinajstić information content (AvgIpc) is 3.41. The van der Waals surface area contributed by atoms with Gasteiger partial charge in [-0.25, -0.2) is 0 Å². The van der Waals surface area contributed by atoms with Crippen molar-refractivity contribution in [1.29, 1.82) is 0 Å². The second kappa shape index (κ2) is 61.8. The first-order valence-electron chi connectivity index (χ1n) is 30.3. The Labute approximate surface area is 461 Å². The molecule has 1 atom stereocenters. The van der Waals surface area contributed by atoms with Gasteiger partial charge in [0, 0.05) is 12.8 Å². The summed E-state index contributed by atoms with van der Waals surface area (Å²) in [7, 11) is 0. The van der Waals surface area contributed by atoms with E-state index >= 15 is 0 Å². The third-order valence-electron chi connectivity index (χ3n) is 12.3. The lowest BCUT2D eigenvalue weighted by Gasteiger charge is -2.18. The predicted octanol–water partition coefficient (Wildman–Crippen LogP) is 20.8. The van der Waals surface area contributed by atoms with Gasteiger partial charge < -0.3 is 14.2 Å². The van der Waals surface area contributed by atoms with Crippen LogP contribution >= 0.6 is 0 Å². The Kier molecular flexibility index (Phi) is 58.0. The second-order valence-electron chi connectivity index (χ2n) is 19.5. The molecule has 0 aliphatic carbocycles. The molecule has 0 spiro atoms. The molecule has 75 heavy (non-hydrogen) atoms. The molecule has 0 saturated heterocycles. The molecule has 0 radical (unpaired) electrons. The van der Waals surface area contributed by atoms with E-state index in [1.165, 1.54) is 83.5 Å². The summed E-state index contributed by atoms with van der Waals surface area (Å²) in [5.74, 6) is -1.08. The number of hydrogen-bond donors (Lipinski definition) is 0. The van der Waals surface area contributed by atoms with Gasteiger partial charge in [-0.2, -0.15) is 0 Å². The molecule has 0 fully saturated rings. The molecule has 6 nitrogen and oxygen atoms in total. The van der Waals surface area contributed by atoms with Gasteiger partial charge in [0.1, 0.15) is 13.2 Å². The summed E-state index contributed by atoms with van der Waals surface area (Å²) in [6.45, 7) is 6.29. The second-order valence-corrected chi connectivity index (χ2v) is 19.5.